The third-order valence-electron chi connectivity index (χ3n) is 2.56. The summed E-state index contributed by atoms with van der Waals surface area (Å²) in [6.07, 6.45) is 0.682. The topological polar surface area (TPSA) is 86.5 Å². The number of nitrogens with zero attached hydrogens (tertiary/aromatic N) is 3. The maximum absolute atomic E-state index is 11.7. The van der Waals surface area contributed by atoms with Crippen LogP contribution in [0.4, 0.5) is 0 Å². The maximum atomic E-state index is 11.7. The Morgan fingerprint density at radius 1 is 1.31 bits per heavy atom. The lowest BCUT2D eigenvalue weighted by molar-refractivity contribution is -0.146. The van der Waals surface area contributed by atoms with Gasteiger partial charge in [-0.1, -0.05) is 0 Å². The summed E-state index contributed by atoms with van der Waals surface area (Å²) in [4.78, 5) is 21.3. The zero-order valence-electron chi connectivity index (χ0n) is 8.87. The van der Waals surface area contributed by atoms with Gasteiger partial charge in [-0.2, -0.15) is 0 Å². The molecule has 0 bridgehead atoms. The fourth-order valence-electron chi connectivity index (χ4n) is 1.63. The van der Waals surface area contributed by atoms with E-state index in [1.54, 1.807) is 12.4 Å². The Kier molecular flexibility index (Phi) is 2.84. The molecule has 0 spiro atoms. The molecule has 2 heterocycles. The van der Waals surface area contributed by atoms with E-state index in [9.17, 15) is 9.90 Å². The van der Waals surface area contributed by atoms with Gasteiger partial charge in [0.05, 0.1) is 30.6 Å². The van der Waals surface area contributed by atoms with Gasteiger partial charge in [0.25, 0.3) is 5.91 Å². The molecule has 0 saturated carbocycles. The minimum Gasteiger partial charge on any atom is -0.390 e. The van der Waals surface area contributed by atoms with Crippen LogP contribution in [0.3, 0.4) is 0 Å². The lowest BCUT2D eigenvalue weighted by Gasteiger charge is -2.20. The number of hydrogen-bond acceptors (Lipinski definition) is 5. The summed E-state index contributed by atoms with van der Waals surface area (Å²) < 4.78 is 0. The van der Waals surface area contributed by atoms with Gasteiger partial charge >= 0.3 is 0 Å². The monoisotopic (exact) mass is 223 g/mol. The van der Waals surface area contributed by atoms with Crippen molar-refractivity contribution < 1.29 is 15.0 Å². The second-order valence-electron chi connectivity index (χ2n) is 3.83. The van der Waals surface area contributed by atoms with Crippen molar-refractivity contribution in [1.82, 2.24) is 14.9 Å². The van der Waals surface area contributed by atoms with E-state index in [0.717, 1.165) is 11.4 Å². The number of carbonyl (C=O) groups excluding carboxylic acids is 1. The van der Waals surface area contributed by atoms with Crippen LogP contribution in [0.15, 0.2) is 12.4 Å². The first-order chi connectivity index (χ1) is 7.59. The molecule has 2 rings (SSSR count). The fraction of sp³-hybridized carbons (Fsp3) is 0.500. The van der Waals surface area contributed by atoms with Gasteiger partial charge in [0.15, 0.2) is 6.10 Å². The van der Waals surface area contributed by atoms with Crippen LogP contribution >= 0.6 is 0 Å². The van der Waals surface area contributed by atoms with E-state index in [2.05, 4.69) is 9.97 Å². The summed E-state index contributed by atoms with van der Waals surface area (Å²) in [7, 11) is 0. The van der Waals surface area contributed by atoms with E-state index in [1.165, 1.54) is 11.8 Å². The number of fused-ring (bicyclic) bond motifs is 1. The average molecular weight is 223 g/mol. The molecule has 2 atom stereocenters. The summed E-state index contributed by atoms with van der Waals surface area (Å²) in [5.41, 5.74) is 1.49. The van der Waals surface area contributed by atoms with E-state index in [0.29, 0.717) is 13.1 Å². The van der Waals surface area contributed by atoms with Crippen LogP contribution < -0.4 is 0 Å². The molecule has 1 aliphatic heterocycles. The van der Waals surface area contributed by atoms with Crippen molar-refractivity contribution >= 4 is 5.91 Å². The summed E-state index contributed by atoms with van der Waals surface area (Å²) in [5.74, 6) is -0.491. The van der Waals surface area contributed by atoms with Crippen LogP contribution in [0, 0.1) is 0 Å². The lowest BCUT2D eigenvalue weighted by Crippen LogP contribution is -2.41. The predicted molar refractivity (Wildman–Crippen MR) is 54.0 cm³/mol. The van der Waals surface area contributed by atoms with Gasteiger partial charge in [0, 0.05) is 12.4 Å². The van der Waals surface area contributed by atoms with Gasteiger partial charge in [-0.25, -0.2) is 0 Å². The minimum atomic E-state index is -1.38. The molecule has 0 aromatic carbocycles. The van der Waals surface area contributed by atoms with Crippen molar-refractivity contribution in [2.45, 2.75) is 32.2 Å². The Balaban J connectivity index is 2.09. The van der Waals surface area contributed by atoms with Gasteiger partial charge in [-0.15, -0.1) is 0 Å². The first-order valence-electron chi connectivity index (χ1n) is 5.03. The molecule has 0 fully saturated rings. The summed E-state index contributed by atoms with van der Waals surface area (Å²) in [6.45, 7) is 2.06. The molecule has 1 aliphatic rings. The molecule has 1 unspecified atom stereocenters. The normalized spacial score (nSPS) is 18.1. The molecule has 1 aromatic heterocycles. The third-order valence-corrected chi connectivity index (χ3v) is 2.56. The molecule has 0 aliphatic carbocycles. The Morgan fingerprint density at radius 3 is 2.25 bits per heavy atom. The number of carbonyl (C=O) groups is 1. The highest BCUT2D eigenvalue weighted by Crippen LogP contribution is 2.19. The highest BCUT2D eigenvalue weighted by Gasteiger charge is 2.31. The number of hydrogen-bond donors (Lipinski definition) is 2. The van der Waals surface area contributed by atoms with Gasteiger partial charge < -0.3 is 15.1 Å². The highest BCUT2D eigenvalue weighted by atomic mass is 16.3. The summed E-state index contributed by atoms with van der Waals surface area (Å²) >= 11 is 0. The Hall–Kier alpha value is -1.53. The van der Waals surface area contributed by atoms with E-state index in [1.807, 2.05) is 0 Å². The Labute approximate surface area is 92.6 Å². The SMILES string of the molecule is CC(O)[C@@H](O)C(=O)N1Cc2nccnc2C1. The van der Waals surface area contributed by atoms with Crippen LogP contribution in [0.2, 0.25) is 0 Å². The van der Waals surface area contributed by atoms with E-state index >= 15 is 0 Å². The molecule has 0 radical (unpaired) electrons. The van der Waals surface area contributed by atoms with Gasteiger partial charge in [-0.3, -0.25) is 14.8 Å². The van der Waals surface area contributed by atoms with Crippen LogP contribution in [0.25, 0.3) is 0 Å². The smallest absolute Gasteiger partial charge is 0.254 e. The molecule has 0 saturated heterocycles. The summed E-state index contributed by atoms with van der Waals surface area (Å²) in [6, 6.07) is 0. The summed E-state index contributed by atoms with van der Waals surface area (Å²) in [5, 5.41) is 18.6. The third kappa shape index (κ3) is 1.89. The average Bonchev–Trinajstić information content (AvgIpc) is 2.70. The van der Waals surface area contributed by atoms with Crippen molar-refractivity contribution in [1.29, 1.82) is 0 Å². The van der Waals surface area contributed by atoms with Crippen LogP contribution in [0.1, 0.15) is 18.3 Å². The van der Waals surface area contributed by atoms with E-state index < -0.39 is 18.1 Å². The Bertz CT molecular complexity index is 383. The number of aliphatic hydroxyl groups is 2. The van der Waals surface area contributed by atoms with E-state index in [4.69, 9.17) is 5.11 Å². The molecule has 86 valence electrons. The highest BCUT2D eigenvalue weighted by molar-refractivity contribution is 5.81. The number of amides is 1. The molecular weight excluding hydrogens is 210 g/mol. The molecular formula is C10H13N3O3. The van der Waals surface area contributed by atoms with Crippen LogP contribution in [-0.2, 0) is 17.9 Å². The molecule has 2 N–H and O–H groups in total. The quantitative estimate of drug-likeness (QED) is 0.675. The van der Waals surface area contributed by atoms with Crippen LogP contribution in [0.5, 0.6) is 0 Å². The molecule has 6 nitrogen and oxygen atoms in total. The largest absolute Gasteiger partial charge is 0.390 e. The zero-order chi connectivity index (χ0) is 11.7. The fourth-order valence-corrected chi connectivity index (χ4v) is 1.63. The van der Waals surface area contributed by atoms with Gasteiger partial charge in [0.2, 0.25) is 0 Å². The molecule has 16 heavy (non-hydrogen) atoms. The van der Waals surface area contributed by atoms with Crippen molar-refractivity contribution in [3.8, 4) is 0 Å². The second-order valence-corrected chi connectivity index (χ2v) is 3.83. The van der Waals surface area contributed by atoms with E-state index in [-0.39, 0.29) is 0 Å². The minimum absolute atomic E-state index is 0.339. The first kappa shape index (κ1) is 11.0. The van der Waals surface area contributed by atoms with Crippen molar-refractivity contribution in [3.05, 3.63) is 23.8 Å². The standard InChI is InChI=1S/C10H13N3O3/c1-6(14)9(15)10(16)13-4-7-8(5-13)12-3-2-11-7/h2-3,6,9,14-15H,4-5H2,1H3/t6?,9-/m1/s1. The van der Waals surface area contributed by atoms with Crippen molar-refractivity contribution in [3.63, 3.8) is 0 Å². The maximum Gasteiger partial charge on any atom is 0.254 e. The number of rotatable bonds is 2. The van der Waals surface area contributed by atoms with Crippen molar-refractivity contribution in [2.75, 3.05) is 0 Å². The first-order valence-corrected chi connectivity index (χ1v) is 5.03. The molecule has 1 aromatic rings. The molecule has 1 amide bonds. The number of aromatic nitrogens is 2. The zero-order valence-corrected chi connectivity index (χ0v) is 8.87. The van der Waals surface area contributed by atoms with Gasteiger partial charge in [0.1, 0.15) is 0 Å². The van der Waals surface area contributed by atoms with Gasteiger partial charge in [-0.05, 0) is 6.92 Å². The molecule has 6 heteroatoms. The second kappa shape index (κ2) is 4.15. The van der Waals surface area contributed by atoms with Crippen molar-refractivity contribution in [2.24, 2.45) is 0 Å². The number of aliphatic hydroxyl groups excluding tert-OH is 2. The van der Waals surface area contributed by atoms with Crippen LogP contribution in [-0.4, -0.2) is 43.2 Å². The predicted octanol–water partition coefficient (Wildman–Crippen LogP) is -0.940. The lowest BCUT2D eigenvalue weighted by atomic mass is 10.2. The Morgan fingerprint density at radius 2 is 1.81 bits per heavy atom.